The molecule has 0 saturated carbocycles. The highest BCUT2D eigenvalue weighted by molar-refractivity contribution is 6.42. The van der Waals surface area contributed by atoms with Gasteiger partial charge >= 0.3 is 0 Å². The smallest absolute Gasteiger partial charge is 0.0595 e. The second-order valence-electron chi connectivity index (χ2n) is 5.54. The maximum absolute atomic E-state index is 6.04. The first kappa shape index (κ1) is 15.1. The van der Waals surface area contributed by atoms with Crippen LogP contribution in [0.15, 0.2) is 18.2 Å². The summed E-state index contributed by atoms with van der Waals surface area (Å²) in [5, 5.41) is 1.28. The molecule has 1 saturated heterocycles. The van der Waals surface area contributed by atoms with Crippen molar-refractivity contribution in [3.63, 3.8) is 0 Å². The average molecular weight is 301 g/mol. The molecule has 0 aromatic heterocycles. The van der Waals surface area contributed by atoms with Crippen molar-refractivity contribution < 1.29 is 0 Å². The third-order valence-corrected chi connectivity index (χ3v) is 4.70. The SMILES string of the molecule is CN1CCC[C@@H](N(C)CCc2ccc(Cl)c(Cl)c2)C1. The second-order valence-corrected chi connectivity index (χ2v) is 6.35. The van der Waals surface area contributed by atoms with Crippen molar-refractivity contribution in [2.45, 2.75) is 25.3 Å². The maximum Gasteiger partial charge on any atom is 0.0595 e. The molecule has 1 aliphatic rings. The van der Waals surface area contributed by atoms with Crippen molar-refractivity contribution in [2.24, 2.45) is 0 Å². The Morgan fingerprint density at radius 1 is 1.32 bits per heavy atom. The number of benzene rings is 1. The van der Waals surface area contributed by atoms with Gasteiger partial charge in [-0.05, 0) is 57.6 Å². The molecule has 0 aliphatic carbocycles. The van der Waals surface area contributed by atoms with Gasteiger partial charge in [-0.3, -0.25) is 0 Å². The average Bonchev–Trinajstić information content (AvgIpc) is 2.40. The standard InChI is InChI=1S/C15H22Cl2N2/c1-18-8-3-4-13(11-18)19(2)9-7-12-5-6-14(16)15(17)10-12/h5-6,10,13H,3-4,7-9,11H2,1-2H3/t13-/m1/s1. The number of likely N-dealkylation sites (N-methyl/N-ethyl adjacent to an activating group) is 2. The summed E-state index contributed by atoms with van der Waals surface area (Å²) in [5.74, 6) is 0. The lowest BCUT2D eigenvalue weighted by atomic mass is 10.0. The van der Waals surface area contributed by atoms with Crippen LogP contribution < -0.4 is 0 Å². The Balaban J connectivity index is 1.85. The molecule has 2 nitrogen and oxygen atoms in total. The van der Waals surface area contributed by atoms with Gasteiger partial charge in [0.25, 0.3) is 0 Å². The van der Waals surface area contributed by atoms with Crippen molar-refractivity contribution in [1.82, 2.24) is 9.80 Å². The van der Waals surface area contributed by atoms with Crippen LogP contribution in [0.3, 0.4) is 0 Å². The van der Waals surface area contributed by atoms with Crippen molar-refractivity contribution in [3.8, 4) is 0 Å². The number of hydrogen-bond donors (Lipinski definition) is 0. The van der Waals surface area contributed by atoms with E-state index in [0.717, 1.165) is 13.0 Å². The van der Waals surface area contributed by atoms with E-state index in [9.17, 15) is 0 Å². The van der Waals surface area contributed by atoms with Crippen molar-refractivity contribution in [1.29, 1.82) is 0 Å². The Labute approximate surface area is 126 Å². The quantitative estimate of drug-likeness (QED) is 0.839. The zero-order chi connectivity index (χ0) is 13.8. The van der Waals surface area contributed by atoms with Crippen LogP contribution in [0, 0.1) is 0 Å². The van der Waals surface area contributed by atoms with Crippen LogP contribution in [0.2, 0.25) is 10.0 Å². The van der Waals surface area contributed by atoms with Crippen LogP contribution in [-0.2, 0) is 6.42 Å². The molecule has 1 fully saturated rings. The summed E-state index contributed by atoms with van der Waals surface area (Å²) in [7, 11) is 4.43. The molecule has 106 valence electrons. The molecular weight excluding hydrogens is 279 g/mol. The second kappa shape index (κ2) is 6.94. The van der Waals surface area contributed by atoms with Crippen LogP contribution in [0.5, 0.6) is 0 Å². The Morgan fingerprint density at radius 2 is 2.11 bits per heavy atom. The topological polar surface area (TPSA) is 6.48 Å². The molecule has 4 heteroatoms. The van der Waals surface area contributed by atoms with Gasteiger partial charge in [0, 0.05) is 19.1 Å². The molecule has 19 heavy (non-hydrogen) atoms. The van der Waals surface area contributed by atoms with Gasteiger partial charge in [0.05, 0.1) is 10.0 Å². The van der Waals surface area contributed by atoms with Gasteiger partial charge in [0.2, 0.25) is 0 Å². The normalized spacial score (nSPS) is 21.0. The Bertz CT molecular complexity index is 423. The zero-order valence-electron chi connectivity index (χ0n) is 11.7. The predicted molar refractivity (Wildman–Crippen MR) is 83.3 cm³/mol. The highest BCUT2D eigenvalue weighted by Crippen LogP contribution is 2.23. The third kappa shape index (κ3) is 4.35. The summed E-state index contributed by atoms with van der Waals surface area (Å²) in [5.41, 5.74) is 1.26. The predicted octanol–water partition coefficient (Wildman–Crippen LogP) is 3.56. The van der Waals surface area contributed by atoms with E-state index in [2.05, 4.69) is 30.0 Å². The lowest BCUT2D eigenvalue weighted by Gasteiger charge is -2.35. The lowest BCUT2D eigenvalue weighted by Crippen LogP contribution is -2.45. The fourth-order valence-electron chi connectivity index (χ4n) is 2.68. The number of likely N-dealkylation sites (tertiary alicyclic amines) is 1. The Kier molecular flexibility index (Phi) is 5.52. The van der Waals surface area contributed by atoms with Gasteiger partial charge in [-0.2, -0.15) is 0 Å². The molecule has 1 aliphatic heterocycles. The molecule has 0 N–H and O–H groups in total. The van der Waals surface area contributed by atoms with Crippen LogP contribution >= 0.6 is 23.2 Å². The third-order valence-electron chi connectivity index (χ3n) is 3.96. The summed E-state index contributed by atoms with van der Waals surface area (Å²) in [6, 6.07) is 6.61. The van der Waals surface area contributed by atoms with Gasteiger partial charge in [0.15, 0.2) is 0 Å². The number of hydrogen-bond acceptors (Lipinski definition) is 2. The monoisotopic (exact) mass is 300 g/mol. The first-order chi connectivity index (χ1) is 9.06. The zero-order valence-corrected chi connectivity index (χ0v) is 13.2. The largest absolute Gasteiger partial charge is 0.305 e. The highest BCUT2D eigenvalue weighted by atomic mass is 35.5. The summed E-state index contributed by atoms with van der Waals surface area (Å²) in [4.78, 5) is 4.89. The minimum absolute atomic E-state index is 0.632. The molecule has 1 aromatic rings. The summed E-state index contributed by atoms with van der Waals surface area (Å²) < 4.78 is 0. The van der Waals surface area contributed by atoms with Crippen LogP contribution in [0.1, 0.15) is 18.4 Å². The van der Waals surface area contributed by atoms with Crippen molar-refractivity contribution in [3.05, 3.63) is 33.8 Å². The van der Waals surface area contributed by atoms with Gasteiger partial charge in [-0.15, -0.1) is 0 Å². The highest BCUT2D eigenvalue weighted by Gasteiger charge is 2.20. The number of piperidine rings is 1. The summed E-state index contributed by atoms with van der Waals surface area (Å²) in [6.45, 7) is 3.48. The van der Waals surface area contributed by atoms with E-state index in [1.165, 1.54) is 31.5 Å². The van der Waals surface area contributed by atoms with E-state index in [0.29, 0.717) is 16.1 Å². The minimum Gasteiger partial charge on any atom is -0.305 e. The van der Waals surface area contributed by atoms with Crippen LogP contribution in [0.4, 0.5) is 0 Å². The van der Waals surface area contributed by atoms with E-state index >= 15 is 0 Å². The summed E-state index contributed by atoms with van der Waals surface area (Å²) in [6.07, 6.45) is 3.63. The molecule has 0 spiro atoms. The molecule has 1 heterocycles. The van der Waals surface area contributed by atoms with E-state index in [-0.39, 0.29) is 0 Å². The van der Waals surface area contributed by atoms with Crippen LogP contribution in [0.25, 0.3) is 0 Å². The molecule has 0 bridgehead atoms. The molecule has 0 radical (unpaired) electrons. The number of nitrogens with zero attached hydrogens (tertiary/aromatic N) is 2. The van der Waals surface area contributed by atoms with E-state index < -0.39 is 0 Å². The Morgan fingerprint density at radius 3 is 2.79 bits per heavy atom. The molecule has 2 rings (SSSR count). The van der Waals surface area contributed by atoms with Crippen molar-refractivity contribution >= 4 is 23.2 Å². The van der Waals surface area contributed by atoms with E-state index in [1.807, 2.05) is 12.1 Å². The van der Waals surface area contributed by atoms with E-state index in [4.69, 9.17) is 23.2 Å². The van der Waals surface area contributed by atoms with Gasteiger partial charge < -0.3 is 9.80 Å². The lowest BCUT2D eigenvalue weighted by molar-refractivity contribution is 0.135. The fourth-order valence-corrected chi connectivity index (χ4v) is 3.00. The Hall–Kier alpha value is -0.280. The van der Waals surface area contributed by atoms with Crippen LogP contribution in [-0.4, -0.2) is 49.6 Å². The number of halogens is 2. The first-order valence-electron chi connectivity index (χ1n) is 6.89. The van der Waals surface area contributed by atoms with E-state index in [1.54, 1.807) is 0 Å². The first-order valence-corrected chi connectivity index (χ1v) is 7.64. The fraction of sp³-hybridized carbons (Fsp3) is 0.600. The molecule has 0 amide bonds. The van der Waals surface area contributed by atoms with Gasteiger partial charge in [0.1, 0.15) is 0 Å². The maximum atomic E-state index is 6.04. The molecule has 0 unspecified atom stereocenters. The van der Waals surface area contributed by atoms with Crippen molar-refractivity contribution in [2.75, 3.05) is 33.7 Å². The van der Waals surface area contributed by atoms with Gasteiger partial charge in [-0.25, -0.2) is 0 Å². The number of rotatable bonds is 4. The molecule has 1 atom stereocenters. The molecule has 1 aromatic carbocycles. The minimum atomic E-state index is 0.632. The molecular formula is C15H22Cl2N2. The summed E-state index contributed by atoms with van der Waals surface area (Å²) >= 11 is 12.0. The van der Waals surface area contributed by atoms with Gasteiger partial charge in [-0.1, -0.05) is 29.3 Å².